The van der Waals surface area contributed by atoms with E-state index in [2.05, 4.69) is 19.3 Å². The second-order valence-corrected chi connectivity index (χ2v) is 5.18. The molecule has 3 N–H and O–H groups in total. The normalized spacial score (nSPS) is 10.6. The summed E-state index contributed by atoms with van der Waals surface area (Å²) in [4.78, 5) is 10.3. The number of thioether (sulfide) groups is 1. The van der Waals surface area contributed by atoms with E-state index in [1.54, 1.807) is 23.9 Å². The minimum atomic E-state index is -0.392. The summed E-state index contributed by atoms with van der Waals surface area (Å²) < 4.78 is 0. The second-order valence-electron chi connectivity index (χ2n) is 4.15. The number of benzene rings is 1. The molecule has 0 aromatic heterocycles. The second kappa shape index (κ2) is 6.46. The number of hydrogen-bond acceptors (Lipinski definition) is 5. The zero-order chi connectivity index (χ0) is 12.8. The van der Waals surface area contributed by atoms with Crippen molar-refractivity contribution in [1.29, 1.82) is 0 Å². The van der Waals surface area contributed by atoms with Crippen molar-refractivity contribution in [3.63, 3.8) is 0 Å². The quantitative estimate of drug-likeness (QED) is 0.464. The lowest BCUT2D eigenvalue weighted by molar-refractivity contribution is -0.384. The van der Waals surface area contributed by atoms with Crippen LogP contribution in [0.5, 0.6) is 0 Å². The molecule has 0 amide bonds. The number of hydrogen-bond donors (Lipinski definition) is 2. The highest BCUT2D eigenvalue weighted by Crippen LogP contribution is 2.26. The molecular weight excluding hydrogens is 238 g/mol. The van der Waals surface area contributed by atoms with Crippen molar-refractivity contribution >= 4 is 23.1 Å². The van der Waals surface area contributed by atoms with Crippen molar-refractivity contribution in [1.82, 2.24) is 0 Å². The number of non-ortho nitro benzene ring substituents is 1. The summed E-state index contributed by atoms with van der Waals surface area (Å²) in [5.74, 6) is 7.73. The SMILES string of the molecule is CC(C)CSCc1cc([N+](=O)[O-])ccc1NN. The van der Waals surface area contributed by atoms with Crippen molar-refractivity contribution in [2.24, 2.45) is 11.8 Å². The van der Waals surface area contributed by atoms with Crippen molar-refractivity contribution < 1.29 is 4.92 Å². The Balaban J connectivity index is 2.79. The highest BCUT2D eigenvalue weighted by molar-refractivity contribution is 7.98. The largest absolute Gasteiger partial charge is 0.324 e. The average molecular weight is 255 g/mol. The van der Waals surface area contributed by atoms with E-state index in [9.17, 15) is 10.1 Å². The molecule has 6 heteroatoms. The van der Waals surface area contributed by atoms with Gasteiger partial charge in [-0.15, -0.1) is 0 Å². The smallest absolute Gasteiger partial charge is 0.269 e. The molecular formula is C11H17N3O2S. The van der Waals surface area contributed by atoms with Crippen LogP contribution in [0, 0.1) is 16.0 Å². The van der Waals surface area contributed by atoms with E-state index in [-0.39, 0.29) is 5.69 Å². The molecule has 0 unspecified atom stereocenters. The minimum absolute atomic E-state index is 0.101. The zero-order valence-corrected chi connectivity index (χ0v) is 10.8. The number of nitro groups is 1. The first-order chi connectivity index (χ1) is 8.04. The maximum absolute atomic E-state index is 10.7. The van der Waals surface area contributed by atoms with E-state index in [1.165, 1.54) is 6.07 Å². The van der Waals surface area contributed by atoms with Crippen molar-refractivity contribution in [3.8, 4) is 0 Å². The number of nitrogen functional groups attached to an aromatic ring is 1. The molecule has 1 aromatic rings. The fourth-order valence-electron chi connectivity index (χ4n) is 1.36. The maximum Gasteiger partial charge on any atom is 0.269 e. The topological polar surface area (TPSA) is 81.2 Å². The molecule has 17 heavy (non-hydrogen) atoms. The van der Waals surface area contributed by atoms with Gasteiger partial charge in [-0.1, -0.05) is 13.8 Å². The number of anilines is 1. The van der Waals surface area contributed by atoms with Crippen LogP contribution in [-0.4, -0.2) is 10.7 Å². The van der Waals surface area contributed by atoms with Gasteiger partial charge in [0.05, 0.1) is 10.6 Å². The maximum atomic E-state index is 10.7. The van der Waals surface area contributed by atoms with Gasteiger partial charge in [-0.3, -0.25) is 16.0 Å². The number of nitro benzene ring substituents is 1. The lowest BCUT2D eigenvalue weighted by Crippen LogP contribution is -2.09. The predicted octanol–water partition coefficient (Wildman–Crippen LogP) is 2.77. The van der Waals surface area contributed by atoms with Gasteiger partial charge < -0.3 is 5.43 Å². The van der Waals surface area contributed by atoms with Gasteiger partial charge in [0.25, 0.3) is 5.69 Å². The fourth-order valence-corrected chi connectivity index (χ4v) is 2.41. The lowest BCUT2D eigenvalue weighted by atomic mass is 10.2. The molecule has 0 fully saturated rings. The molecule has 0 saturated heterocycles. The van der Waals surface area contributed by atoms with E-state index in [0.717, 1.165) is 22.8 Å². The molecule has 5 nitrogen and oxygen atoms in total. The number of nitrogens with zero attached hydrogens (tertiary/aromatic N) is 1. The average Bonchev–Trinajstić information content (AvgIpc) is 2.28. The molecule has 1 aromatic carbocycles. The third-order valence-corrected chi connectivity index (χ3v) is 3.58. The van der Waals surface area contributed by atoms with E-state index in [0.29, 0.717) is 5.92 Å². The highest BCUT2D eigenvalue weighted by Gasteiger charge is 2.10. The molecule has 0 atom stereocenters. The van der Waals surface area contributed by atoms with Gasteiger partial charge in [-0.05, 0) is 23.3 Å². The van der Waals surface area contributed by atoms with Gasteiger partial charge in [-0.2, -0.15) is 11.8 Å². The first-order valence-corrected chi connectivity index (χ1v) is 6.51. The van der Waals surface area contributed by atoms with E-state index < -0.39 is 4.92 Å². The molecule has 0 aliphatic carbocycles. The molecule has 0 heterocycles. The van der Waals surface area contributed by atoms with Crippen molar-refractivity contribution in [2.45, 2.75) is 19.6 Å². The van der Waals surface area contributed by atoms with E-state index in [4.69, 9.17) is 5.84 Å². The fraction of sp³-hybridized carbons (Fsp3) is 0.455. The monoisotopic (exact) mass is 255 g/mol. The van der Waals surface area contributed by atoms with Crippen LogP contribution in [0.4, 0.5) is 11.4 Å². The van der Waals surface area contributed by atoms with Gasteiger partial charge in [0.1, 0.15) is 0 Å². The Morgan fingerprint density at radius 2 is 2.24 bits per heavy atom. The molecule has 1 rings (SSSR count). The standard InChI is InChI=1S/C11H17N3O2S/c1-8(2)6-17-7-9-5-10(14(15)16)3-4-11(9)13-12/h3-5,8,13H,6-7,12H2,1-2H3. The molecule has 0 spiro atoms. The van der Waals surface area contributed by atoms with E-state index >= 15 is 0 Å². The highest BCUT2D eigenvalue weighted by atomic mass is 32.2. The third kappa shape index (κ3) is 4.24. The summed E-state index contributed by atoms with van der Waals surface area (Å²) in [5.41, 5.74) is 4.28. The number of hydrazine groups is 1. The Labute approximate surface area is 105 Å². The van der Waals surface area contributed by atoms with Crippen LogP contribution in [0.3, 0.4) is 0 Å². The van der Waals surface area contributed by atoms with Crippen molar-refractivity contribution in [2.75, 3.05) is 11.2 Å². The van der Waals surface area contributed by atoms with Crippen LogP contribution in [-0.2, 0) is 5.75 Å². The molecule has 0 aliphatic heterocycles. The van der Waals surface area contributed by atoms with E-state index in [1.807, 2.05) is 0 Å². The Hall–Kier alpha value is -1.27. The molecule has 0 bridgehead atoms. The predicted molar refractivity (Wildman–Crippen MR) is 71.9 cm³/mol. The molecule has 0 saturated carbocycles. The number of nitrogens with one attached hydrogen (secondary N) is 1. The Morgan fingerprint density at radius 1 is 1.53 bits per heavy atom. The first-order valence-electron chi connectivity index (χ1n) is 5.36. The number of rotatable bonds is 6. The zero-order valence-electron chi connectivity index (χ0n) is 9.97. The Kier molecular flexibility index (Phi) is 5.24. The summed E-state index contributed by atoms with van der Waals surface area (Å²) in [6, 6.07) is 4.66. The van der Waals surface area contributed by atoms with Crippen LogP contribution < -0.4 is 11.3 Å². The first kappa shape index (κ1) is 13.8. The van der Waals surface area contributed by atoms with Crippen LogP contribution in [0.15, 0.2) is 18.2 Å². The van der Waals surface area contributed by atoms with Crippen LogP contribution in [0.1, 0.15) is 19.4 Å². The summed E-state index contributed by atoms with van der Waals surface area (Å²) in [6.07, 6.45) is 0. The van der Waals surface area contributed by atoms with Crippen LogP contribution in [0.25, 0.3) is 0 Å². The Morgan fingerprint density at radius 3 is 2.76 bits per heavy atom. The molecule has 0 aliphatic rings. The van der Waals surface area contributed by atoms with Gasteiger partial charge in [0.15, 0.2) is 0 Å². The molecule has 0 radical (unpaired) electrons. The van der Waals surface area contributed by atoms with Gasteiger partial charge in [0, 0.05) is 17.9 Å². The van der Waals surface area contributed by atoms with Crippen LogP contribution >= 0.6 is 11.8 Å². The summed E-state index contributed by atoms with van der Waals surface area (Å²) in [6.45, 7) is 4.28. The molecule has 94 valence electrons. The van der Waals surface area contributed by atoms with Gasteiger partial charge in [0.2, 0.25) is 0 Å². The number of nitrogens with two attached hydrogens (primary N) is 1. The summed E-state index contributed by atoms with van der Waals surface area (Å²) in [5, 5.41) is 10.7. The third-order valence-electron chi connectivity index (χ3n) is 2.16. The Bertz CT molecular complexity index is 396. The lowest BCUT2D eigenvalue weighted by Gasteiger charge is -2.09. The summed E-state index contributed by atoms with van der Waals surface area (Å²) >= 11 is 1.75. The van der Waals surface area contributed by atoms with Gasteiger partial charge in [-0.25, -0.2) is 0 Å². The minimum Gasteiger partial charge on any atom is -0.324 e. The summed E-state index contributed by atoms with van der Waals surface area (Å²) in [7, 11) is 0. The van der Waals surface area contributed by atoms with Crippen LogP contribution in [0.2, 0.25) is 0 Å². The van der Waals surface area contributed by atoms with Gasteiger partial charge >= 0.3 is 0 Å². The van der Waals surface area contributed by atoms with Crippen molar-refractivity contribution in [3.05, 3.63) is 33.9 Å².